The SMILES string of the molecule is COC(=O)c1ccoc1CCCCCCOCc1ccccc1. The van der Waals surface area contributed by atoms with Crippen LogP contribution in [0, 0.1) is 0 Å². The summed E-state index contributed by atoms with van der Waals surface area (Å²) in [4.78, 5) is 11.5. The first-order chi connectivity index (χ1) is 11.3. The Kier molecular flexibility index (Phi) is 7.40. The molecule has 0 unspecified atom stereocenters. The second-order valence-corrected chi connectivity index (χ2v) is 5.45. The molecule has 1 aromatic carbocycles. The van der Waals surface area contributed by atoms with Gasteiger partial charge in [0.25, 0.3) is 0 Å². The third-order valence-corrected chi connectivity index (χ3v) is 3.70. The highest BCUT2D eigenvalue weighted by Crippen LogP contribution is 2.15. The summed E-state index contributed by atoms with van der Waals surface area (Å²) in [5.41, 5.74) is 1.75. The summed E-state index contributed by atoms with van der Waals surface area (Å²) in [5.74, 6) is 0.389. The van der Waals surface area contributed by atoms with Crippen LogP contribution in [0.1, 0.15) is 47.4 Å². The standard InChI is InChI=1S/C19H24O4/c1-21-19(20)17-12-14-23-18(17)11-7-2-3-8-13-22-15-16-9-5-4-6-10-16/h4-6,9-10,12,14H,2-3,7-8,11,13,15H2,1H3. The highest BCUT2D eigenvalue weighted by Gasteiger charge is 2.14. The molecule has 124 valence electrons. The van der Waals surface area contributed by atoms with Gasteiger partial charge < -0.3 is 13.9 Å². The minimum absolute atomic E-state index is 0.330. The van der Waals surface area contributed by atoms with E-state index in [9.17, 15) is 4.79 Å². The third kappa shape index (κ3) is 5.91. The van der Waals surface area contributed by atoms with Gasteiger partial charge in [0, 0.05) is 13.0 Å². The second kappa shape index (κ2) is 9.85. The molecule has 0 radical (unpaired) electrons. The first-order valence-corrected chi connectivity index (χ1v) is 8.07. The van der Waals surface area contributed by atoms with Crippen molar-refractivity contribution in [2.75, 3.05) is 13.7 Å². The van der Waals surface area contributed by atoms with E-state index in [1.807, 2.05) is 18.2 Å². The molecule has 0 N–H and O–H groups in total. The fourth-order valence-corrected chi connectivity index (χ4v) is 2.43. The second-order valence-electron chi connectivity index (χ2n) is 5.45. The molecular weight excluding hydrogens is 292 g/mol. The number of benzene rings is 1. The number of furan rings is 1. The topological polar surface area (TPSA) is 48.7 Å². The maximum Gasteiger partial charge on any atom is 0.341 e. The Labute approximate surface area is 137 Å². The lowest BCUT2D eigenvalue weighted by molar-refractivity contribution is 0.0598. The molecule has 0 aliphatic rings. The van der Waals surface area contributed by atoms with Crippen LogP contribution < -0.4 is 0 Å². The van der Waals surface area contributed by atoms with Crippen molar-refractivity contribution in [2.24, 2.45) is 0 Å². The van der Waals surface area contributed by atoms with E-state index in [2.05, 4.69) is 12.1 Å². The van der Waals surface area contributed by atoms with E-state index < -0.39 is 0 Å². The molecule has 2 aromatic rings. The molecule has 0 saturated carbocycles. The van der Waals surface area contributed by atoms with Crippen LogP contribution in [-0.4, -0.2) is 19.7 Å². The van der Waals surface area contributed by atoms with Crippen LogP contribution in [0.4, 0.5) is 0 Å². The van der Waals surface area contributed by atoms with Crippen molar-refractivity contribution in [3.63, 3.8) is 0 Å². The van der Waals surface area contributed by atoms with Gasteiger partial charge in [0.15, 0.2) is 0 Å². The van der Waals surface area contributed by atoms with Gasteiger partial charge in [0.1, 0.15) is 11.3 Å². The van der Waals surface area contributed by atoms with Crippen LogP contribution in [-0.2, 0) is 22.5 Å². The third-order valence-electron chi connectivity index (χ3n) is 3.70. The van der Waals surface area contributed by atoms with Crippen molar-refractivity contribution >= 4 is 5.97 Å². The largest absolute Gasteiger partial charge is 0.468 e. The van der Waals surface area contributed by atoms with Gasteiger partial charge in [-0.25, -0.2) is 4.79 Å². The first kappa shape index (κ1) is 17.3. The Hall–Kier alpha value is -2.07. The van der Waals surface area contributed by atoms with Crippen molar-refractivity contribution in [2.45, 2.75) is 38.7 Å². The van der Waals surface area contributed by atoms with Crippen LogP contribution in [0.2, 0.25) is 0 Å². The van der Waals surface area contributed by atoms with Gasteiger partial charge in [-0.15, -0.1) is 0 Å². The maximum absolute atomic E-state index is 11.5. The summed E-state index contributed by atoms with van der Waals surface area (Å²) in [6, 6.07) is 11.9. The Morgan fingerprint density at radius 2 is 1.83 bits per heavy atom. The van der Waals surface area contributed by atoms with E-state index in [4.69, 9.17) is 13.9 Å². The smallest absolute Gasteiger partial charge is 0.341 e. The molecule has 1 aromatic heterocycles. The number of ether oxygens (including phenoxy) is 2. The van der Waals surface area contributed by atoms with Crippen molar-refractivity contribution < 1.29 is 18.7 Å². The van der Waals surface area contributed by atoms with E-state index >= 15 is 0 Å². The molecule has 0 atom stereocenters. The van der Waals surface area contributed by atoms with Gasteiger partial charge in [-0.3, -0.25) is 0 Å². The Morgan fingerprint density at radius 3 is 2.61 bits per heavy atom. The minimum Gasteiger partial charge on any atom is -0.468 e. The van der Waals surface area contributed by atoms with E-state index in [0.717, 1.165) is 44.5 Å². The van der Waals surface area contributed by atoms with Gasteiger partial charge in [-0.05, 0) is 24.5 Å². The highest BCUT2D eigenvalue weighted by atomic mass is 16.5. The van der Waals surface area contributed by atoms with Crippen molar-refractivity contribution in [3.8, 4) is 0 Å². The lowest BCUT2D eigenvalue weighted by Crippen LogP contribution is -2.03. The summed E-state index contributed by atoms with van der Waals surface area (Å²) in [6.45, 7) is 1.46. The number of methoxy groups -OCH3 is 1. The van der Waals surface area contributed by atoms with E-state index in [-0.39, 0.29) is 5.97 Å². The molecular formula is C19H24O4. The number of hydrogen-bond acceptors (Lipinski definition) is 4. The predicted octanol–water partition coefficient (Wildman–Crippen LogP) is 4.39. The average molecular weight is 316 g/mol. The zero-order valence-electron chi connectivity index (χ0n) is 13.6. The molecule has 0 saturated heterocycles. The molecule has 0 spiro atoms. The van der Waals surface area contributed by atoms with Crippen LogP contribution in [0.3, 0.4) is 0 Å². The summed E-state index contributed by atoms with van der Waals surface area (Å²) in [6.07, 6.45) is 6.56. The normalized spacial score (nSPS) is 10.7. The van der Waals surface area contributed by atoms with E-state index in [1.165, 1.54) is 12.7 Å². The number of rotatable bonds is 10. The average Bonchev–Trinajstić information content (AvgIpc) is 3.06. The van der Waals surface area contributed by atoms with Gasteiger partial charge in [-0.2, -0.15) is 0 Å². The molecule has 0 bridgehead atoms. The number of unbranched alkanes of at least 4 members (excludes halogenated alkanes) is 3. The lowest BCUT2D eigenvalue weighted by atomic mass is 10.1. The Balaban J connectivity index is 1.53. The van der Waals surface area contributed by atoms with Gasteiger partial charge >= 0.3 is 5.97 Å². The summed E-state index contributed by atoms with van der Waals surface area (Å²) in [5, 5.41) is 0. The number of carbonyl (C=O) groups is 1. The number of carbonyl (C=O) groups excluding carboxylic acids is 1. The lowest BCUT2D eigenvalue weighted by Gasteiger charge is -2.05. The van der Waals surface area contributed by atoms with Crippen LogP contribution >= 0.6 is 0 Å². The zero-order chi connectivity index (χ0) is 16.3. The Morgan fingerprint density at radius 1 is 1.04 bits per heavy atom. The van der Waals surface area contributed by atoms with Crippen molar-refractivity contribution in [3.05, 3.63) is 59.5 Å². The molecule has 0 amide bonds. The molecule has 23 heavy (non-hydrogen) atoms. The first-order valence-electron chi connectivity index (χ1n) is 8.07. The Bertz CT molecular complexity index is 574. The zero-order valence-corrected chi connectivity index (χ0v) is 13.6. The van der Waals surface area contributed by atoms with E-state index in [1.54, 1.807) is 12.3 Å². The van der Waals surface area contributed by atoms with Crippen molar-refractivity contribution in [1.82, 2.24) is 0 Å². The quantitative estimate of drug-likeness (QED) is 0.482. The molecule has 4 nitrogen and oxygen atoms in total. The molecule has 0 fully saturated rings. The summed E-state index contributed by atoms with van der Waals surface area (Å²) < 4.78 is 15.7. The van der Waals surface area contributed by atoms with Gasteiger partial charge in [-0.1, -0.05) is 43.2 Å². The molecule has 4 heteroatoms. The van der Waals surface area contributed by atoms with Gasteiger partial charge in [0.2, 0.25) is 0 Å². The maximum atomic E-state index is 11.5. The fraction of sp³-hybridized carbons (Fsp3) is 0.421. The number of aryl methyl sites for hydroxylation is 1. The fourth-order valence-electron chi connectivity index (χ4n) is 2.43. The number of hydrogen-bond donors (Lipinski definition) is 0. The number of esters is 1. The highest BCUT2D eigenvalue weighted by molar-refractivity contribution is 5.90. The van der Waals surface area contributed by atoms with Crippen LogP contribution in [0.15, 0.2) is 47.1 Å². The van der Waals surface area contributed by atoms with Crippen LogP contribution in [0.5, 0.6) is 0 Å². The summed E-state index contributed by atoms with van der Waals surface area (Å²) in [7, 11) is 1.38. The van der Waals surface area contributed by atoms with E-state index in [0.29, 0.717) is 12.2 Å². The van der Waals surface area contributed by atoms with Gasteiger partial charge in [0.05, 0.1) is 20.0 Å². The summed E-state index contributed by atoms with van der Waals surface area (Å²) >= 11 is 0. The predicted molar refractivity (Wildman–Crippen MR) is 88.3 cm³/mol. The van der Waals surface area contributed by atoms with Crippen molar-refractivity contribution in [1.29, 1.82) is 0 Å². The monoisotopic (exact) mass is 316 g/mol. The molecule has 0 aliphatic heterocycles. The van der Waals surface area contributed by atoms with Crippen LogP contribution in [0.25, 0.3) is 0 Å². The molecule has 0 aliphatic carbocycles. The molecule has 2 rings (SSSR count). The molecule has 1 heterocycles. The minimum atomic E-state index is -0.330.